The molecule has 0 radical (unpaired) electrons. The van der Waals surface area contributed by atoms with Crippen molar-refractivity contribution >= 4 is 23.7 Å². The Labute approximate surface area is 200 Å². The first kappa shape index (κ1) is 22.6. The van der Waals surface area contributed by atoms with Crippen molar-refractivity contribution in [1.29, 1.82) is 0 Å². The lowest BCUT2D eigenvalue weighted by atomic mass is 9.98. The number of rotatable bonds is 7. The second-order valence-electron chi connectivity index (χ2n) is 8.77. The fourth-order valence-electron chi connectivity index (χ4n) is 4.54. The van der Waals surface area contributed by atoms with E-state index in [1.54, 1.807) is 0 Å². The Morgan fingerprint density at radius 2 is 1.60 bits per heavy atom. The molecule has 1 atom stereocenters. The number of ether oxygens (including phenoxy) is 1. The summed E-state index contributed by atoms with van der Waals surface area (Å²) in [6.45, 7) is 0.0830. The average Bonchev–Trinajstić information content (AvgIpc) is 3.64. The molecular formula is C27H23FN2O5. The molecular weight excluding hydrogens is 451 g/mol. The number of aliphatic carboxylic acids is 1. The highest BCUT2D eigenvalue weighted by atomic mass is 19.1. The molecule has 0 bridgehead atoms. The van der Waals surface area contributed by atoms with E-state index < -0.39 is 29.8 Å². The average molecular weight is 474 g/mol. The number of hydrogen-bond acceptors (Lipinski definition) is 4. The molecule has 0 saturated heterocycles. The zero-order valence-corrected chi connectivity index (χ0v) is 18.7. The van der Waals surface area contributed by atoms with E-state index in [-0.39, 0.29) is 29.7 Å². The maximum atomic E-state index is 14.6. The predicted molar refractivity (Wildman–Crippen MR) is 127 cm³/mol. The highest BCUT2D eigenvalue weighted by Crippen LogP contribution is 2.44. The Morgan fingerprint density at radius 3 is 2.17 bits per heavy atom. The first-order valence-electron chi connectivity index (χ1n) is 11.4. The molecule has 1 fully saturated rings. The van der Waals surface area contributed by atoms with E-state index in [9.17, 15) is 23.9 Å². The molecule has 8 heteroatoms. The zero-order valence-electron chi connectivity index (χ0n) is 18.7. The fourth-order valence-corrected chi connectivity index (χ4v) is 4.54. The third-order valence-corrected chi connectivity index (χ3v) is 6.46. The number of carboxylic acid groups (broad SMARTS) is 1. The van der Waals surface area contributed by atoms with E-state index in [0.29, 0.717) is 0 Å². The molecule has 0 aliphatic heterocycles. The first-order chi connectivity index (χ1) is 16.9. The van der Waals surface area contributed by atoms with Crippen molar-refractivity contribution in [3.8, 4) is 11.1 Å². The van der Waals surface area contributed by atoms with Crippen LogP contribution in [0.15, 0.2) is 66.7 Å². The van der Waals surface area contributed by atoms with Crippen molar-refractivity contribution in [3.63, 3.8) is 0 Å². The van der Waals surface area contributed by atoms with E-state index in [1.807, 2.05) is 48.5 Å². The van der Waals surface area contributed by atoms with Gasteiger partial charge in [0.2, 0.25) is 0 Å². The van der Waals surface area contributed by atoms with Gasteiger partial charge in [-0.25, -0.2) is 14.0 Å². The number of nitrogens with one attached hydrogen (secondary N) is 2. The van der Waals surface area contributed by atoms with Gasteiger partial charge in [-0.1, -0.05) is 48.5 Å². The van der Waals surface area contributed by atoms with Crippen molar-refractivity contribution < 1.29 is 28.6 Å². The van der Waals surface area contributed by atoms with Gasteiger partial charge in [-0.2, -0.15) is 0 Å². The van der Waals surface area contributed by atoms with Crippen LogP contribution in [0.4, 0.5) is 14.9 Å². The number of benzene rings is 3. The number of carbonyl (C=O) groups is 3. The molecule has 2 aliphatic rings. The van der Waals surface area contributed by atoms with E-state index in [2.05, 4.69) is 10.6 Å². The van der Waals surface area contributed by atoms with Gasteiger partial charge < -0.3 is 15.2 Å². The monoisotopic (exact) mass is 474 g/mol. The molecule has 0 aromatic heterocycles. The number of amides is 2. The Balaban J connectivity index is 1.22. The van der Waals surface area contributed by atoms with E-state index in [4.69, 9.17) is 4.74 Å². The van der Waals surface area contributed by atoms with Gasteiger partial charge >= 0.3 is 12.1 Å². The minimum absolute atomic E-state index is 0.0347. The second kappa shape index (κ2) is 9.21. The van der Waals surface area contributed by atoms with Crippen LogP contribution in [0.3, 0.4) is 0 Å². The number of fused-ring (bicyclic) bond motifs is 3. The second-order valence-corrected chi connectivity index (χ2v) is 8.77. The fraction of sp³-hybridized carbons (Fsp3) is 0.222. The summed E-state index contributed by atoms with van der Waals surface area (Å²) in [5.74, 6) is -2.86. The minimum Gasteiger partial charge on any atom is -0.480 e. The molecule has 35 heavy (non-hydrogen) atoms. The normalized spacial score (nSPS) is 15.0. The number of carboxylic acids is 1. The molecule has 7 nitrogen and oxygen atoms in total. The van der Waals surface area contributed by atoms with E-state index in [0.717, 1.165) is 41.2 Å². The van der Waals surface area contributed by atoms with E-state index in [1.165, 1.54) is 12.1 Å². The van der Waals surface area contributed by atoms with Crippen LogP contribution in [0.5, 0.6) is 0 Å². The van der Waals surface area contributed by atoms with Gasteiger partial charge in [0.15, 0.2) is 0 Å². The summed E-state index contributed by atoms with van der Waals surface area (Å²) in [7, 11) is 0. The third-order valence-electron chi connectivity index (χ3n) is 6.46. The molecule has 0 spiro atoms. The largest absolute Gasteiger partial charge is 0.480 e. The highest BCUT2D eigenvalue weighted by molar-refractivity contribution is 5.97. The molecule has 2 amide bonds. The van der Waals surface area contributed by atoms with Gasteiger partial charge in [-0.05, 0) is 59.2 Å². The van der Waals surface area contributed by atoms with Crippen LogP contribution in [-0.4, -0.2) is 35.7 Å². The number of carbonyl (C=O) groups excluding carboxylic acids is 2. The summed E-state index contributed by atoms with van der Waals surface area (Å²) in [4.78, 5) is 36.1. The van der Waals surface area contributed by atoms with Crippen molar-refractivity contribution in [2.24, 2.45) is 5.92 Å². The van der Waals surface area contributed by atoms with Gasteiger partial charge in [0.05, 0.1) is 5.69 Å². The van der Waals surface area contributed by atoms with Crippen molar-refractivity contribution in [2.45, 2.75) is 24.8 Å². The Bertz CT molecular complexity index is 1270. The lowest BCUT2D eigenvalue weighted by molar-refractivity contribution is -0.139. The number of hydrogen-bond donors (Lipinski definition) is 3. The van der Waals surface area contributed by atoms with Gasteiger partial charge in [-0.15, -0.1) is 0 Å². The highest BCUT2D eigenvalue weighted by Gasteiger charge is 2.37. The molecule has 3 N–H and O–H groups in total. The quantitative estimate of drug-likeness (QED) is 0.457. The van der Waals surface area contributed by atoms with Crippen molar-refractivity contribution in [3.05, 3.63) is 89.2 Å². The number of anilines is 1. The van der Waals surface area contributed by atoms with Gasteiger partial charge in [-0.3, -0.25) is 10.1 Å². The van der Waals surface area contributed by atoms with Crippen LogP contribution in [0.1, 0.15) is 40.2 Å². The van der Waals surface area contributed by atoms with E-state index >= 15 is 0 Å². The van der Waals surface area contributed by atoms with Crippen LogP contribution < -0.4 is 10.6 Å². The molecule has 1 unspecified atom stereocenters. The maximum Gasteiger partial charge on any atom is 0.411 e. The summed E-state index contributed by atoms with van der Waals surface area (Å²) in [6, 6.07) is 18.4. The van der Waals surface area contributed by atoms with Crippen molar-refractivity contribution in [2.75, 3.05) is 11.9 Å². The van der Waals surface area contributed by atoms with Crippen LogP contribution in [0.2, 0.25) is 0 Å². The molecule has 5 rings (SSSR count). The molecule has 0 heterocycles. The third kappa shape index (κ3) is 4.59. The minimum atomic E-state index is -1.12. The Kier molecular flexibility index (Phi) is 5.94. The smallest absolute Gasteiger partial charge is 0.411 e. The maximum absolute atomic E-state index is 14.6. The number of halogens is 1. The summed E-state index contributed by atoms with van der Waals surface area (Å²) in [6.07, 6.45) is 0.645. The van der Waals surface area contributed by atoms with Crippen LogP contribution >= 0.6 is 0 Å². The lowest BCUT2D eigenvalue weighted by Gasteiger charge is -2.15. The predicted octanol–water partition coefficient (Wildman–Crippen LogP) is 4.78. The first-order valence-corrected chi connectivity index (χ1v) is 11.4. The Hall–Kier alpha value is -4.20. The van der Waals surface area contributed by atoms with Gasteiger partial charge in [0, 0.05) is 11.5 Å². The zero-order chi connectivity index (χ0) is 24.5. The van der Waals surface area contributed by atoms with Crippen LogP contribution in [0.25, 0.3) is 11.1 Å². The standard InChI is InChI=1S/C27H23FN2O5/c28-22-13-16(25(31)30-24(26(32)33)15-9-10-15)11-12-23(22)29-27(34)35-14-21-19-7-3-1-5-17(19)18-6-2-4-8-20(18)21/h1-8,11-13,15,21,24H,9-10,14H2,(H,29,34)(H,30,31)(H,32,33). The van der Waals surface area contributed by atoms with Gasteiger partial charge in [0.1, 0.15) is 18.5 Å². The summed E-state index contributed by atoms with van der Waals surface area (Å²) < 4.78 is 20.0. The summed E-state index contributed by atoms with van der Waals surface area (Å²) in [5, 5.41) is 14.1. The molecule has 3 aromatic rings. The molecule has 1 saturated carbocycles. The van der Waals surface area contributed by atoms with Gasteiger partial charge in [0.25, 0.3) is 5.91 Å². The SMILES string of the molecule is O=C(Nc1ccc(C(=O)NC(C(=O)O)C2CC2)cc1F)OCC1c2ccccc2-c2ccccc21. The summed E-state index contributed by atoms with van der Waals surface area (Å²) in [5.41, 5.74) is 4.15. The molecule has 3 aromatic carbocycles. The molecule has 178 valence electrons. The molecule has 2 aliphatic carbocycles. The summed E-state index contributed by atoms with van der Waals surface area (Å²) >= 11 is 0. The topological polar surface area (TPSA) is 105 Å². The Morgan fingerprint density at radius 1 is 0.971 bits per heavy atom. The van der Waals surface area contributed by atoms with Crippen molar-refractivity contribution in [1.82, 2.24) is 5.32 Å². The van der Waals surface area contributed by atoms with Crippen LogP contribution in [0, 0.1) is 11.7 Å². The van der Waals surface area contributed by atoms with Crippen LogP contribution in [-0.2, 0) is 9.53 Å². The lowest BCUT2D eigenvalue weighted by Crippen LogP contribution is -2.42.